The van der Waals surface area contributed by atoms with E-state index in [-0.39, 0.29) is 29.3 Å². The van der Waals surface area contributed by atoms with Gasteiger partial charge in [0.25, 0.3) is 5.56 Å². The molecule has 4 rings (SSSR count). The van der Waals surface area contributed by atoms with Gasteiger partial charge in [-0.25, -0.2) is 8.78 Å². The van der Waals surface area contributed by atoms with Crippen molar-refractivity contribution in [2.24, 2.45) is 7.05 Å². The summed E-state index contributed by atoms with van der Waals surface area (Å²) in [7, 11) is 1.67. The van der Waals surface area contributed by atoms with Crippen LogP contribution in [0, 0.1) is 11.6 Å². The van der Waals surface area contributed by atoms with Gasteiger partial charge in [0.15, 0.2) is 16.8 Å². The van der Waals surface area contributed by atoms with Crippen molar-refractivity contribution in [3.63, 3.8) is 0 Å². The average molecular weight is 448 g/mol. The lowest BCUT2D eigenvalue weighted by Gasteiger charge is -2.27. The Morgan fingerprint density at radius 2 is 1.93 bits per heavy atom. The first-order valence-electron chi connectivity index (χ1n) is 9.07. The molecule has 0 radical (unpaired) electrons. The zero-order valence-electron chi connectivity index (χ0n) is 15.8. The number of halogens is 3. The molecule has 2 heterocycles. The monoisotopic (exact) mass is 447 g/mol. The largest absolute Gasteiger partial charge is 0.312 e. The SMILES string of the molecule is Cn1c(SCc2ccc(Cl)cc2)nc(=O)c2c1NC(=O)C[C@@H]2c1cccc(F)c1F. The third-order valence-corrected chi connectivity index (χ3v) is 6.29. The van der Waals surface area contributed by atoms with E-state index in [4.69, 9.17) is 11.6 Å². The summed E-state index contributed by atoms with van der Waals surface area (Å²) in [5, 5.41) is 3.71. The van der Waals surface area contributed by atoms with E-state index in [0.717, 1.165) is 11.6 Å². The maximum Gasteiger partial charge on any atom is 0.279 e. The summed E-state index contributed by atoms with van der Waals surface area (Å²) >= 11 is 7.22. The minimum Gasteiger partial charge on any atom is -0.312 e. The number of amides is 1. The summed E-state index contributed by atoms with van der Waals surface area (Å²) in [6, 6.07) is 11.0. The van der Waals surface area contributed by atoms with Crippen molar-refractivity contribution < 1.29 is 13.6 Å². The second-order valence-corrected chi connectivity index (χ2v) is 8.26. The van der Waals surface area contributed by atoms with Gasteiger partial charge in [0.1, 0.15) is 5.82 Å². The molecule has 3 aromatic rings. The molecule has 0 fully saturated rings. The fraction of sp³-hybridized carbons (Fsp3) is 0.190. The van der Waals surface area contributed by atoms with Crippen molar-refractivity contribution in [1.29, 1.82) is 0 Å². The Bertz CT molecular complexity index is 1200. The Labute approximate surface area is 180 Å². The molecule has 154 valence electrons. The predicted octanol–water partition coefficient (Wildman–Crippen LogP) is 4.48. The molecule has 1 aliphatic rings. The van der Waals surface area contributed by atoms with Crippen LogP contribution in [0.15, 0.2) is 52.4 Å². The fourth-order valence-corrected chi connectivity index (χ4v) is 4.49. The smallest absolute Gasteiger partial charge is 0.279 e. The molecule has 0 spiro atoms. The van der Waals surface area contributed by atoms with E-state index in [1.807, 2.05) is 12.1 Å². The minimum absolute atomic E-state index is 0.0356. The molecule has 1 atom stereocenters. The van der Waals surface area contributed by atoms with Crippen LogP contribution in [0.1, 0.15) is 29.0 Å². The van der Waals surface area contributed by atoms with Crippen LogP contribution in [-0.4, -0.2) is 15.5 Å². The number of fused-ring (bicyclic) bond motifs is 1. The van der Waals surface area contributed by atoms with Crippen molar-refractivity contribution in [3.8, 4) is 0 Å². The number of carbonyl (C=O) groups is 1. The van der Waals surface area contributed by atoms with Crippen LogP contribution in [0.2, 0.25) is 5.02 Å². The molecule has 1 N–H and O–H groups in total. The molecule has 5 nitrogen and oxygen atoms in total. The second-order valence-electron chi connectivity index (χ2n) is 6.88. The Hall–Kier alpha value is -2.71. The Morgan fingerprint density at radius 1 is 1.20 bits per heavy atom. The summed E-state index contributed by atoms with van der Waals surface area (Å²) in [6.45, 7) is 0. The first kappa shape index (κ1) is 20.6. The van der Waals surface area contributed by atoms with Gasteiger partial charge >= 0.3 is 0 Å². The lowest BCUT2D eigenvalue weighted by molar-refractivity contribution is -0.116. The van der Waals surface area contributed by atoms with E-state index in [9.17, 15) is 18.4 Å². The van der Waals surface area contributed by atoms with E-state index in [2.05, 4.69) is 10.3 Å². The Balaban J connectivity index is 1.74. The lowest BCUT2D eigenvalue weighted by atomic mass is 9.86. The van der Waals surface area contributed by atoms with Crippen LogP contribution >= 0.6 is 23.4 Å². The molecular weight excluding hydrogens is 432 g/mol. The normalized spacial score (nSPS) is 15.6. The van der Waals surface area contributed by atoms with Gasteiger partial charge in [-0.2, -0.15) is 4.98 Å². The number of aromatic nitrogens is 2. The number of nitrogens with one attached hydrogen (secondary N) is 1. The van der Waals surface area contributed by atoms with Crippen molar-refractivity contribution in [2.45, 2.75) is 23.2 Å². The molecule has 1 amide bonds. The van der Waals surface area contributed by atoms with Gasteiger partial charge in [-0.3, -0.25) is 9.59 Å². The molecule has 0 bridgehead atoms. The van der Waals surface area contributed by atoms with Crippen LogP contribution in [0.5, 0.6) is 0 Å². The molecule has 30 heavy (non-hydrogen) atoms. The highest BCUT2D eigenvalue weighted by molar-refractivity contribution is 7.98. The molecule has 0 aliphatic carbocycles. The quantitative estimate of drug-likeness (QED) is 0.473. The standard InChI is InChI=1S/C21H16ClF2N3O2S/c1-27-19-17(14(9-16(28)25-19)13-3-2-4-15(23)18(13)24)20(29)26-21(27)30-10-11-5-7-12(22)8-6-11/h2-8,14H,9-10H2,1H3,(H,25,28)/t14-/m1/s1. The highest BCUT2D eigenvalue weighted by Gasteiger charge is 2.34. The molecule has 2 aromatic carbocycles. The highest BCUT2D eigenvalue weighted by atomic mass is 35.5. The molecule has 0 saturated heterocycles. The molecule has 0 unspecified atom stereocenters. The van der Waals surface area contributed by atoms with Crippen LogP contribution < -0.4 is 10.9 Å². The van der Waals surface area contributed by atoms with Gasteiger partial charge in [-0.1, -0.05) is 47.6 Å². The number of hydrogen-bond acceptors (Lipinski definition) is 4. The third kappa shape index (κ3) is 3.85. The van der Waals surface area contributed by atoms with Gasteiger partial charge in [-0.15, -0.1) is 0 Å². The minimum atomic E-state index is -1.06. The number of carbonyl (C=O) groups excluding carboxylic acids is 1. The van der Waals surface area contributed by atoms with Gasteiger partial charge in [0, 0.05) is 30.2 Å². The van der Waals surface area contributed by atoms with Crippen LogP contribution in [0.3, 0.4) is 0 Å². The van der Waals surface area contributed by atoms with Gasteiger partial charge in [-0.05, 0) is 29.3 Å². The van der Waals surface area contributed by atoms with Crippen molar-refractivity contribution in [2.75, 3.05) is 5.32 Å². The summed E-state index contributed by atoms with van der Waals surface area (Å²) < 4.78 is 29.8. The van der Waals surface area contributed by atoms with E-state index < -0.39 is 23.1 Å². The predicted molar refractivity (Wildman–Crippen MR) is 112 cm³/mol. The van der Waals surface area contributed by atoms with E-state index >= 15 is 0 Å². The maximum atomic E-state index is 14.4. The van der Waals surface area contributed by atoms with Crippen LogP contribution in [0.25, 0.3) is 0 Å². The molecule has 1 aromatic heterocycles. The third-order valence-electron chi connectivity index (χ3n) is 4.94. The summed E-state index contributed by atoms with van der Waals surface area (Å²) in [5.74, 6) is -2.60. The Morgan fingerprint density at radius 3 is 2.67 bits per heavy atom. The number of benzene rings is 2. The van der Waals surface area contributed by atoms with E-state index in [1.54, 1.807) is 23.7 Å². The Kier molecular flexibility index (Phi) is 5.62. The van der Waals surface area contributed by atoms with Crippen LogP contribution in [-0.2, 0) is 17.6 Å². The summed E-state index contributed by atoms with van der Waals surface area (Å²) in [5.41, 5.74) is 0.527. The summed E-state index contributed by atoms with van der Waals surface area (Å²) in [6.07, 6.45) is -0.165. The lowest BCUT2D eigenvalue weighted by Crippen LogP contribution is -2.34. The average Bonchev–Trinajstić information content (AvgIpc) is 2.72. The first-order chi connectivity index (χ1) is 14.3. The number of anilines is 1. The molecule has 9 heteroatoms. The molecule has 1 aliphatic heterocycles. The number of hydrogen-bond donors (Lipinski definition) is 1. The maximum absolute atomic E-state index is 14.4. The van der Waals surface area contributed by atoms with E-state index in [1.165, 1.54) is 23.9 Å². The second kappa shape index (κ2) is 8.20. The topological polar surface area (TPSA) is 64.0 Å². The number of rotatable bonds is 4. The molecule has 0 saturated carbocycles. The van der Waals surface area contributed by atoms with E-state index in [0.29, 0.717) is 15.9 Å². The van der Waals surface area contributed by atoms with Crippen LogP contribution in [0.4, 0.5) is 14.6 Å². The van der Waals surface area contributed by atoms with Crippen molar-refractivity contribution in [1.82, 2.24) is 9.55 Å². The number of nitrogens with zero attached hydrogens (tertiary/aromatic N) is 2. The fourth-order valence-electron chi connectivity index (χ4n) is 3.45. The van der Waals surface area contributed by atoms with Crippen molar-refractivity contribution in [3.05, 3.63) is 86.2 Å². The molecular formula is C21H16ClF2N3O2S. The van der Waals surface area contributed by atoms with Gasteiger partial charge in [0.2, 0.25) is 5.91 Å². The number of thioether (sulfide) groups is 1. The zero-order chi connectivity index (χ0) is 21.4. The highest BCUT2D eigenvalue weighted by Crippen LogP contribution is 2.37. The van der Waals surface area contributed by atoms with Gasteiger partial charge < -0.3 is 9.88 Å². The zero-order valence-corrected chi connectivity index (χ0v) is 17.4. The summed E-state index contributed by atoms with van der Waals surface area (Å²) in [4.78, 5) is 29.3. The van der Waals surface area contributed by atoms with Gasteiger partial charge in [0.05, 0.1) is 5.56 Å². The van der Waals surface area contributed by atoms with Crippen molar-refractivity contribution >= 4 is 35.1 Å². The first-order valence-corrected chi connectivity index (χ1v) is 10.4.